The molecule has 1 amide bonds. The van der Waals surface area contributed by atoms with E-state index in [-0.39, 0.29) is 18.3 Å². The maximum atomic E-state index is 13.8. The lowest BCUT2D eigenvalue weighted by Gasteiger charge is -2.33. The minimum Gasteiger partial charge on any atom is -0.342 e. The van der Waals surface area contributed by atoms with Gasteiger partial charge in [-0.15, -0.1) is 0 Å². The van der Waals surface area contributed by atoms with Gasteiger partial charge in [-0.05, 0) is 87.3 Å². The number of benzene rings is 1. The van der Waals surface area contributed by atoms with Gasteiger partial charge in [0.15, 0.2) is 0 Å². The number of hydrogen-bond acceptors (Lipinski definition) is 3. The second-order valence-corrected chi connectivity index (χ2v) is 7.35. The van der Waals surface area contributed by atoms with Crippen LogP contribution in [0.15, 0.2) is 18.2 Å². The number of nitrogens with two attached hydrogens (primary N) is 1. The first kappa shape index (κ1) is 18.3. The Balaban J connectivity index is 1.60. The quantitative estimate of drug-likeness (QED) is 0.860. The highest BCUT2D eigenvalue weighted by molar-refractivity contribution is 5.78. The Bertz CT molecular complexity index is 578. The van der Waals surface area contributed by atoms with Crippen molar-refractivity contribution in [3.63, 3.8) is 0 Å². The summed E-state index contributed by atoms with van der Waals surface area (Å²) in [5.41, 5.74) is 7.89. The van der Waals surface area contributed by atoms with Crippen LogP contribution in [0.2, 0.25) is 0 Å². The van der Waals surface area contributed by atoms with Crippen LogP contribution >= 0.6 is 0 Å². The van der Waals surface area contributed by atoms with E-state index in [9.17, 15) is 9.18 Å². The largest absolute Gasteiger partial charge is 0.342 e. The van der Waals surface area contributed by atoms with Crippen LogP contribution in [-0.2, 0) is 11.2 Å². The number of carbonyl (C=O) groups excluding carboxylic acids is 1. The van der Waals surface area contributed by atoms with Gasteiger partial charge in [0.2, 0.25) is 5.91 Å². The molecule has 0 unspecified atom stereocenters. The minimum atomic E-state index is -0.143. The summed E-state index contributed by atoms with van der Waals surface area (Å²) in [6.45, 7) is 5.13. The molecule has 2 aliphatic rings. The number of hydrogen-bond donors (Lipinski definition) is 1. The number of carbonyl (C=O) groups is 1. The van der Waals surface area contributed by atoms with E-state index in [1.54, 1.807) is 12.1 Å². The highest BCUT2D eigenvalue weighted by Crippen LogP contribution is 2.31. The fourth-order valence-electron chi connectivity index (χ4n) is 4.26. The van der Waals surface area contributed by atoms with Gasteiger partial charge in [0, 0.05) is 13.1 Å². The molecule has 2 aliphatic heterocycles. The number of halogens is 1. The summed E-state index contributed by atoms with van der Waals surface area (Å²) >= 11 is 0. The van der Waals surface area contributed by atoms with Gasteiger partial charge in [-0.3, -0.25) is 4.79 Å². The summed E-state index contributed by atoms with van der Waals surface area (Å²) in [6, 6.07) is 5.26. The lowest BCUT2D eigenvalue weighted by Crippen LogP contribution is -2.41. The highest BCUT2D eigenvalue weighted by atomic mass is 19.1. The maximum absolute atomic E-state index is 13.8. The number of amides is 1. The van der Waals surface area contributed by atoms with Crippen LogP contribution in [0.1, 0.15) is 49.1 Å². The van der Waals surface area contributed by atoms with E-state index in [4.69, 9.17) is 5.73 Å². The molecule has 0 atom stereocenters. The van der Waals surface area contributed by atoms with Crippen molar-refractivity contribution < 1.29 is 9.18 Å². The fourth-order valence-corrected chi connectivity index (χ4v) is 4.26. The average Bonchev–Trinajstić information content (AvgIpc) is 3.15. The molecule has 138 valence electrons. The SMILES string of the molecule is NCC(=O)N1CCC(c2ccc(F)cc2CCCN2CCCC2)CC1. The van der Waals surface area contributed by atoms with E-state index in [1.807, 2.05) is 11.0 Å². The summed E-state index contributed by atoms with van der Waals surface area (Å²) in [5.74, 6) is 0.309. The first-order chi connectivity index (χ1) is 12.2. The Morgan fingerprint density at radius 3 is 2.56 bits per heavy atom. The van der Waals surface area contributed by atoms with Crippen molar-refractivity contribution in [2.24, 2.45) is 5.73 Å². The number of piperidine rings is 1. The van der Waals surface area contributed by atoms with Crippen LogP contribution in [0.4, 0.5) is 4.39 Å². The molecule has 1 aromatic carbocycles. The smallest absolute Gasteiger partial charge is 0.236 e. The molecule has 4 nitrogen and oxygen atoms in total. The van der Waals surface area contributed by atoms with E-state index >= 15 is 0 Å². The number of aryl methyl sites for hydroxylation is 1. The predicted octanol–water partition coefficient (Wildman–Crippen LogP) is 2.52. The van der Waals surface area contributed by atoms with Gasteiger partial charge in [-0.2, -0.15) is 0 Å². The van der Waals surface area contributed by atoms with Gasteiger partial charge < -0.3 is 15.5 Å². The third-order valence-electron chi connectivity index (χ3n) is 5.69. The van der Waals surface area contributed by atoms with Gasteiger partial charge in [0.25, 0.3) is 0 Å². The molecular formula is C20H30FN3O. The Hall–Kier alpha value is -1.46. The molecule has 1 aromatic rings. The molecule has 0 spiro atoms. The topological polar surface area (TPSA) is 49.6 Å². The van der Waals surface area contributed by atoms with E-state index in [0.29, 0.717) is 5.92 Å². The molecule has 2 saturated heterocycles. The Morgan fingerprint density at radius 2 is 1.88 bits per heavy atom. The van der Waals surface area contributed by atoms with Gasteiger partial charge in [0.1, 0.15) is 5.82 Å². The molecule has 0 saturated carbocycles. The van der Waals surface area contributed by atoms with Crippen molar-refractivity contribution in [1.82, 2.24) is 9.80 Å². The van der Waals surface area contributed by atoms with Gasteiger partial charge in [-0.25, -0.2) is 4.39 Å². The van der Waals surface area contributed by atoms with Gasteiger partial charge in [0.05, 0.1) is 6.54 Å². The second-order valence-electron chi connectivity index (χ2n) is 7.35. The van der Waals surface area contributed by atoms with Gasteiger partial charge >= 0.3 is 0 Å². The van der Waals surface area contributed by atoms with Crippen LogP contribution in [-0.4, -0.2) is 55.0 Å². The standard InChI is InChI=1S/C20H30FN3O/c21-18-5-6-19(16-7-12-24(13-8-16)20(25)15-22)17(14-18)4-3-11-23-9-1-2-10-23/h5-6,14,16H,1-4,7-13,15,22H2. The summed E-state index contributed by atoms with van der Waals surface area (Å²) in [5, 5.41) is 0. The first-order valence-electron chi connectivity index (χ1n) is 9.66. The second kappa shape index (κ2) is 8.77. The molecule has 3 rings (SSSR count). The molecule has 2 N–H and O–H groups in total. The lowest BCUT2D eigenvalue weighted by atomic mass is 9.85. The predicted molar refractivity (Wildman–Crippen MR) is 98.0 cm³/mol. The van der Waals surface area contributed by atoms with Crippen molar-refractivity contribution >= 4 is 5.91 Å². The summed E-state index contributed by atoms with van der Waals surface area (Å²) in [7, 11) is 0. The lowest BCUT2D eigenvalue weighted by molar-refractivity contribution is -0.130. The summed E-state index contributed by atoms with van der Waals surface area (Å²) < 4.78 is 13.8. The normalized spacial score (nSPS) is 19.5. The van der Waals surface area contributed by atoms with E-state index in [1.165, 1.54) is 31.5 Å². The van der Waals surface area contributed by atoms with Crippen molar-refractivity contribution in [3.8, 4) is 0 Å². The third-order valence-corrected chi connectivity index (χ3v) is 5.69. The molecular weight excluding hydrogens is 317 g/mol. The third kappa shape index (κ3) is 4.79. The zero-order valence-electron chi connectivity index (χ0n) is 15.1. The molecule has 0 bridgehead atoms. The Morgan fingerprint density at radius 1 is 1.16 bits per heavy atom. The highest BCUT2D eigenvalue weighted by Gasteiger charge is 2.24. The molecule has 0 aliphatic carbocycles. The van der Waals surface area contributed by atoms with Crippen LogP contribution in [0.3, 0.4) is 0 Å². The van der Waals surface area contributed by atoms with E-state index in [0.717, 1.165) is 50.9 Å². The van der Waals surface area contributed by atoms with Crippen molar-refractivity contribution in [2.45, 2.75) is 44.4 Å². The van der Waals surface area contributed by atoms with Crippen molar-refractivity contribution in [1.29, 1.82) is 0 Å². The maximum Gasteiger partial charge on any atom is 0.236 e. The average molecular weight is 347 g/mol. The zero-order chi connectivity index (χ0) is 17.6. The zero-order valence-corrected chi connectivity index (χ0v) is 15.1. The minimum absolute atomic E-state index is 0.0309. The Labute approximate surface area is 150 Å². The molecule has 2 fully saturated rings. The number of rotatable bonds is 6. The van der Waals surface area contributed by atoms with Crippen molar-refractivity contribution in [2.75, 3.05) is 39.3 Å². The molecule has 25 heavy (non-hydrogen) atoms. The van der Waals surface area contributed by atoms with Crippen molar-refractivity contribution in [3.05, 3.63) is 35.1 Å². The first-order valence-corrected chi connectivity index (χ1v) is 9.66. The van der Waals surface area contributed by atoms with Crippen LogP contribution in [0.5, 0.6) is 0 Å². The fraction of sp³-hybridized carbons (Fsp3) is 0.650. The molecule has 0 aromatic heterocycles. The van der Waals surface area contributed by atoms with Gasteiger partial charge in [-0.1, -0.05) is 6.07 Å². The Kier molecular flexibility index (Phi) is 6.43. The molecule has 5 heteroatoms. The monoisotopic (exact) mass is 347 g/mol. The van der Waals surface area contributed by atoms with Crippen LogP contribution < -0.4 is 5.73 Å². The van der Waals surface area contributed by atoms with Crippen LogP contribution in [0, 0.1) is 5.82 Å². The number of likely N-dealkylation sites (tertiary alicyclic amines) is 2. The number of nitrogens with zero attached hydrogens (tertiary/aromatic N) is 2. The van der Waals surface area contributed by atoms with E-state index in [2.05, 4.69) is 4.90 Å². The van der Waals surface area contributed by atoms with Crippen LogP contribution in [0.25, 0.3) is 0 Å². The summed E-state index contributed by atoms with van der Waals surface area (Å²) in [6.07, 6.45) is 6.52. The summed E-state index contributed by atoms with van der Waals surface area (Å²) in [4.78, 5) is 16.1. The van der Waals surface area contributed by atoms with E-state index < -0.39 is 0 Å². The molecule has 0 radical (unpaired) electrons. The molecule has 2 heterocycles.